The molecular formula is C10H12F3NO2S. The van der Waals surface area contributed by atoms with Gasteiger partial charge in [0.15, 0.2) is 0 Å². The minimum absolute atomic E-state index is 0.387. The van der Waals surface area contributed by atoms with Gasteiger partial charge in [0.1, 0.15) is 0 Å². The number of hydrogen-bond donors (Lipinski definition) is 1. The van der Waals surface area contributed by atoms with E-state index in [1.54, 1.807) is 0 Å². The number of aryl methyl sites for hydroxylation is 1. The van der Waals surface area contributed by atoms with Crippen LogP contribution in [0.5, 0.6) is 0 Å². The first-order chi connectivity index (χ1) is 7.74. The van der Waals surface area contributed by atoms with E-state index in [0.717, 1.165) is 17.7 Å². The lowest BCUT2D eigenvalue weighted by atomic mass is 10.1. The summed E-state index contributed by atoms with van der Waals surface area (Å²) in [6.07, 6.45) is 0.600. The number of rotatable bonds is 3. The smallest absolute Gasteiger partial charge is 0.388 e. The third kappa shape index (κ3) is 2.54. The molecule has 0 amide bonds. The van der Waals surface area contributed by atoms with Gasteiger partial charge in [-0.2, -0.15) is 13.2 Å². The molecule has 0 aliphatic heterocycles. The largest absolute Gasteiger partial charge is 0.501 e. The number of halogens is 3. The van der Waals surface area contributed by atoms with Crippen molar-refractivity contribution in [3.05, 3.63) is 23.8 Å². The van der Waals surface area contributed by atoms with Crippen LogP contribution in [0.3, 0.4) is 0 Å². The fourth-order valence-corrected chi connectivity index (χ4v) is 2.18. The van der Waals surface area contributed by atoms with Gasteiger partial charge in [0.2, 0.25) is 0 Å². The Labute approximate surface area is 97.6 Å². The molecule has 0 bridgehead atoms. The Balaban J connectivity index is 3.36. The van der Waals surface area contributed by atoms with Gasteiger partial charge in [-0.15, -0.1) is 0 Å². The molecule has 17 heavy (non-hydrogen) atoms. The van der Waals surface area contributed by atoms with Crippen LogP contribution >= 0.6 is 0 Å². The quantitative estimate of drug-likeness (QED) is 0.915. The fourth-order valence-electron chi connectivity index (χ4n) is 1.40. The van der Waals surface area contributed by atoms with E-state index in [2.05, 4.69) is 5.32 Å². The Morgan fingerprint density at radius 3 is 2.29 bits per heavy atom. The number of sulfone groups is 1. The summed E-state index contributed by atoms with van der Waals surface area (Å²) in [4.78, 5) is -0.744. The molecule has 1 N–H and O–H groups in total. The van der Waals surface area contributed by atoms with Gasteiger partial charge < -0.3 is 5.32 Å². The summed E-state index contributed by atoms with van der Waals surface area (Å²) < 4.78 is 59.3. The van der Waals surface area contributed by atoms with Crippen LogP contribution in [0.25, 0.3) is 0 Å². The van der Waals surface area contributed by atoms with Crippen molar-refractivity contribution in [2.24, 2.45) is 0 Å². The van der Waals surface area contributed by atoms with E-state index < -0.39 is 20.2 Å². The number of anilines is 1. The minimum Gasteiger partial charge on any atom is -0.388 e. The first-order valence-corrected chi connectivity index (χ1v) is 6.34. The van der Waals surface area contributed by atoms with Crippen molar-refractivity contribution in [1.82, 2.24) is 0 Å². The molecule has 7 heteroatoms. The second-order valence-corrected chi connectivity index (χ2v) is 5.31. The van der Waals surface area contributed by atoms with E-state index in [1.807, 2.05) is 6.92 Å². The lowest BCUT2D eigenvalue weighted by Gasteiger charge is -2.12. The van der Waals surface area contributed by atoms with Crippen LogP contribution in [0.4, 0.5) is 18.9 Å². The van der Waals surface area contributed by atoms with E-state index in [9.17, 15) is 21.6 Å². The van der Waals surface area contributed by atoms with Crippen molar-refractivity contribution in [3.8, 4) is 0 Å². The average Bonchev–Trinajstić information content (AvgIpc) is 2.26. The van der Waals surface area contributed by atoms with E-state index in [0.29, 0.717) is 12.1 Å². The number of nitrogens with one attached hydrogen (secondary N) is 1. The predicted molar refractivity (Wildman–Crippen MR) is 58.6 cm³/mol. The van der Waals surface area contributed by atoms with E-state index in [-0.39, 0.29) is 0 Å². The summed E-state index contributed by atoms with van der Waals surface area (Å²) in [5.74, 6) is 0. The number of alkyl halides is 3. The molecule has 3 nitrogen and oxygen atoms in total. The normalized spacial score (nSPS) is 12.5. The topological polar surface area (TPSA) is 46.2 Å². The van der Waals surface area contributed by atoms with Gasteiger partial charge in [-0.05, 0) is 24.1 Å². The van der Waals surface area contributed by atoms with E-state index >= 15 is 0 Å². The Bertz CT molecular complexity index is 509. The highest BCUT2D eigenvalue weighted by molar-refractivity contribution is 7.92. The molecule has 0 saturated heterocycles. The Hall–Kier alpha value is -1.24. The summed E-state index contributed by atoms with van der Waals surface area (Å²) in [6.45, 7) is 1.83. The molecule has 0 radical (unpaired) electrons. The summed E-state index contributed by atoms with van der Waals surface area (Å²) in [5.41, 5.74) is -4.13. The SMILES string of the molecule is CCc1ccc(S(=O)(=O)C(F)(F)F)cc1NC. The van der Waals surface area contributed by atoms with Crippen LogP contribution in [0.1, 0.15) is 12.5 Å². The summed E-state index contributed by atoms with van der Waals surface area (Å²) in [5, 5.41) is 2.68. The molecule has 0 spiro atoms. The van der Waals surface area contributed by atoms with Crippen molar-refractivity contribution < 1.29 is 21.6 Å². The highest BCUT2D eigenvalue weighted by atomic mass is 32.2. The van der Waals surface area contributed by atoms with Crippen molar-refractivity contribution in [3.63, 3.8) is 0 Å². The maximum atomic E-state index is 12.3. The van der Waals surface area contributed by atoms with Crippen LogP contribution < -0.4 is 5.32 Å². The molecule has 1 aromatic carbocycles. The van der Waals surface area contributed by atoms with Gasteiger partial charge in [0.25, 0.3) is 9.84 Å². The summed E-state index contributed by atoms with van der Waals surface area (Å²) in [6, 6.07) is 3.36. The predicted octanol–water partition coefficient (Wildman–Crippen LogP) is 2.58. The van der Waals surface area contributed by atoms with Crippen LogP contribution in [-0.4, -0.2) is 21.0 Å². The van der Waals surface area contributed by atoms with Crippen LogP contribution in [0.2, 0.25) is 0 Å². The van der Waals surface area contributed by atoms with Gasteiger partial charge in [0.05, 0.1) is 4.90 Å². The maximum Gasteiger partial charge on any atom is 0.501 e. The Kier molecular flexibility index (Phi) is 3.71. The van der Waals surface area contributed by atoms with Crippen LogP contribution in [0.15, 0.2) is 23.1 Å². The van der Waals surface area contributed by atoms with Gasteiger partial charge >= 0.3 is 5.51 Å². The molecule has 1 aromatic rings. The zero-order valence-corrected chi connectivity index (χ0v) is 10.1. The van der Waals surface area contributed by atoms with E-state index in [1.165, 1.54) is 13.1 Å². The number of hydrogen-bond acceptors (Lipinski definition) is 3. The Morgan fingerprint density at radius 2 is 1.88 bits per heavy atom. The first-order valence-electron chi connectivity index (χ1n) is 4.86. The monoisotopic (exact) mass is 267 g/mol. The zero-order chi connectivity index (χ0) is 13.3. The van der Waals surface area contributed by atoms with Crippen molar-refractivity contribution in [1.29, 1.82) is 0 Å². The molecular weight excluding hydrogens is 255 g/mol. The summed E-state index contributed by atoms with van der Waals surface area (Å²) in [7, 11) is -3.75. The van der Waals surface area contributed by atoms with Crippen molar-refractivity contribution in [2.45, 2.75) is 23.7 Å². The molecule has 0 aliphatic rings. The third-order valence-corrected chi connectivity index (χ3v) is 3.83. The number of benzene rings is 1. The van der Waals surface area contributed by atoms with E-state index in [4.69, 9.17) is 0 Å². The molecule has 96 valence electrons. The van der Waals surface area contributed by atoms with Crippen LogP contribution in [0, 0.1) is 0 Å². The van der Waals surface area contributed by atoms with Gasteiger partial charge in [0, 0.05) is 12.7 Å². The second-order valence-electron chi connectivity index (χ2n) is 3.37. The van der Waals surface area contributed by atoms with Gasteiger partial charge in [-0.1, -0.05) is 13.0 Å². The second kappa shape index (κ2) is 4.56. The fraction of sp³-hybridized carbons (Fsp3) is 0.400. The third-order valence-electron chi connectivity index (χ3n) is 2.35. The average molecular weight is 267 g/mol. The lowest BCUT2D eigenvalue weighted by molar-refractivity contribution is -0.0435. The molecule has 0 atom stereocenters. The standard InChI is InChI=1S/C10H12F3NO2S/c1-3-7-4-5-8(6-9(7)14-2)17(15,16)10(11,12)13/h4-6,14H,3H2,1-2H3. The zero-order valence-electron chi connectivity index (χ0n) is 9.30. The molecule has 0 fully saturated rings. The lowest BCUT2D eigenvalue weighted by Crippen LogP contribution is -2.23. The Morgan fingerprint density at radius 1 is 1.29 bits per heavy atom. The molecule has 1 rings (SSSR count). The van der Waals surface area contributed by atoms with Crippen LogP contribution in [-0.2, 0) is 16.3 Å². The molecule has 0 unspecified atom stereocenters. The highest BCUT2D eigenvalue weighted by Gasteiger charge is 2.46. The van der Waals surface area contributed by atoms with Crippen molar-refractivity contribution >= 4 is 15.5 Å². The highest BCUT2D eigenvalue weighted by Crippen LogP contribution is 2.32. The summed E-state index contributed by atoms with van der Waals surface area (Å²) >= 11 is 0. The molecule has 0 saturated carbocycles. The van der Waals surface area contributed by atoms with Gasteiger partial charge in [-0.25, -0.2) is 8.42 Å². The molecule has 0 aliphatic carbocycles. The maximum absolute atomic E-state index is 12.3. The van der Waals surface area contributed by atoms with Gasteiger partial charge in [-0.3, -0.25) is 0 Å². The molecule has 0 aromatic heterocycles. The molecule has 0 heterocycles. The van der Waals surface area contributed by atoms with Crippen molar-refractivity contribution in [2.75, 3.05) is 12.4 Å². The first kappa shape index (κ1) is 13.8. The minimum atomic E-state index is -5.27.